The number of nitrogens with zero attached hydrogens (tertiary/aromatic N) is 4. The zero-order valence-corrected chi connectivity index (χ0v) is 18.1. The zero-order chi connectivity index (χ0) is 20.9. The molecule has 0 N–H and O–H groups in total. The zero-order valence-electron chi connectivity index (χ0n) is 16.5. The van der Waals surface area contributed by atoms with Gasteiger partial charge in [0, 0.05) is 31.1 Å². The third-order valence-corrected chi connectivity index (χ3v) is 5.94. The first-order chi connectivity index (χ1) is 14.7. The second-order valence-corrected chi connectivity index (χ2v) is 8.13. The van der Waals surface area contributed by atoms with Crippen molar-refractivity contribution < 1.29 is 4.74 Å². The molecule has 0 bridgehead atoms. The first-order valence-corrected chi connectivity index (χ1v) is 10.9. The van der Waals surface area contributed by atoms with E-state index in [2.05, 4.69) is 21.7 Å². The van der Waals surface area contributed by atoms with Crippen molar-refractivity contribution in [2.24, 2.45) is 0 Å². The summed E-state index contributed by atoms with van der Waals surface area (Å²) in [7, 11) is 1.62. The molecule has 2 aromatic carbocycles. The highest BCUT2D eigenvalue weighted by atomic mass is 35.5. The highest BCUT2D eigenvalue weighted by Gasteiger charge is 2.14. The molecule has 0 aliphatic rings. The lowest BCUT2D eigenvalue weighted by atomic mass is 10.2. The van der Waals surface area contributed by atoms with E-state index < -0.39 is 0 Å². The van der Waals surface area contributed by atoms with Gasteiger partial charge in [0.15, 0.2) is 5.16 Å². The predicted molar refractivity (Wildman–Crippen MR) is 120 cm³/mol. The molecular weight excluding hydrogens is 420 g/mol. The molecule has 0 aliphatic heterocycles. The van der Waals surface area contributed by atoms with E-state index in [1.807, 2.05) is 24.4 Å². The van der Waals surface area contributed by atoms with Crippen LogP contribution >= 0.6 is 23.4 Å². The Kier molecular flexibility index (Phi) is 6.52. The summed E-state index contributed by atoms with van der Waals surface area (Å²) in [6.07, 6.45) is 3.76. The van der Waals surface area contributed by atoms with Gasteiger partial charge < -0.3 is 9.30 Å². The molecule has 8 heteroatoms. The van der Waals surface area contributed by atoms with Crippen LogP contribution in [0.25, 0.3) is 10.9 Å². The number of imidazole rings is 1. The lowest BCUT2D eigenvalue weighted by Crippen LogP contribution is -2.25. The lowest BCUT2D eigenvalue weighted by Gasteiger charge is -2.13. The van der Waals surface area contributed by atoms with Crippen molar-refractivity contribution in [2.45, 2.75) is 24.0 Å². The number of thioether (sulfide) groups is 1. The molecule has 0 saturated carbocycles. The van der Waals surface area contributed by atoms with Crippen LogP contribution in [0.1, 0.15) is 11.4 Å². The van der Waals surface area contributed by atoms with Crippen LogP contribution in [0, 0.1) is 0 Å². The van der Waals surface area contributed by atoms with Crippen LogP contribution in [0.4, 0.5) is 0 Å². The normalized spacial score (nSPS) is 11.3. The van der Waals surface area contributed by atoms with Crippen LogP contribution in [0.2, 0.25) is 5.02 Å². The van der Waals surface area contributed by atoms with E-state index in [1.54, 1.807) is 36.1 Å². The number of methoxy groups -OCH3 is 1. The molecule has 2 heterocycles. The Labute approximate surface area is 183 Å². The van der Waals surface area contributed by atoms with Gasteiger partial charge in [-0.3, -0.25) is 9.36 Å². The molecule has 0 atom stereocenters. The first-order valence-electron chi connectivity index (χ1n) is 9.51. The maximum atomic E-state index is 13.0. The number of benzene rings is 2. The first kappa shape index (κ1) is 20.7. The Morgan fingerprint density at radius 2 is 2.00 bits per heavy atom. The summed E-state index contributed by atoms with van der Waals surface area (Å²) in [4.78, 5) is 22.2. The van der Waals surface area contributed by atoms with Crippen molar-refractivity contribution in [3.8, 4) is 0 Å². The second kappa shape index (κ2) is 9.47. The Balaban J connectivity index is 1.62. The molecule has 4 aromatic rings. The van der Waals surface area contributed by atoms with E-state index in [9.17, 15) is 4.79 Å². The number of halogens is 1. The molecular formula is C22H21ClN4O2S. The highest BCUT2D eigenvalue weighted by Crippen LogP contribution is 2.23. The summed E-state index contributed by atoms with van der Waals surface area (Å²) in [5.41, 5.74) is 1.71. The lowest BCUT2D eigenvalue weighted by molar-refractivity contribution is 0.183. The minimum atomic E-state index is -0.0937. The maximum absolute atomic E-state index is 13.0. The molecule has 0 spiro atoms. The van der Waals surface area contributed by atoms with Gasteiger partial charge in [0.25, 0.3) is 5.56 Å². The number of aromatic nitrogens is 4. The minimum Gasteiger partial charge on any atom is -0.383 e. The van der Waals surface area contributed by atoms with Crippen molar-refractivity contribution in [1.82, 2.24) is 19.1 Å². The highest BCUT2D eigenvalue weighted by molar-refractivity contribution is 7.98. The average molecular weight is 441 g/mol. The van der Waals surface area contributed by atoms with Crippen molar-refractivity contribution in [3.63, 3.8) is 0 Å². The van der Waals surface area contributed by atoms with Gasteiger partial charge in [0.05, 0.1) is 29.8 Å². The van der Waals surface area contributed by atoms with Crippen LogP contribution in [-0.2, 0) is 23.6 Å². The number of hydrogen-bond donors (Lipinski definition) is 0. The summed E-state index contributed by atoms with van der Waals surface area (Å²) in [6, 6.07) is 15.4. The number of ether oxygens (including phenoxy) is 1. The smallest absolute Gasteiger partial charge is 0.262 e. The van der Waals surface area contributed by atoms with E-state index in [0.29, 0.717) is 40.0 Å². The Morgan fingerprint density at radius 3 is 2.80 bits per heavy atom. The largest absolute Gasteiger partial charge is 0.383 e. The van der Waals surface area contributed by atoms with Gasteiger partial charge in [0.2, 0.25) is 0 Å². The fourth-order valence-corrected chi connectivity index (χ4v) is 4.35. The van der Waals surface area contributed by atoms with Crippen LogP contribution in [0.15, 0.2) is 70.9 Å². The van der Waals surface area contributed by atoms with Crippen molar-refractivity contribution in [1.29, 1.82) is 0 Å². The molecule has 0 fully saturated rings. The topological polar surface area (TPSA) is 61.9 Å². The van der Waals surface area contributed by atoms with Crippen LogP contribution in [0.5, 0.6) is 0 Å². The standard InChI is InChI=1S/C22H21ClN4O2S/c1-29-12-11-27-21(28)18-8-7-17(23)13-19(18)25-22(27)30-15-20-24-9-10-26(20)14-16-5-3-2-4-6-16/h2-10,13H,11-12,14-15H2,1H3. The third kappa shape index (κ3) is 4.59. The molecule has 2 aromatic heterocycles. The van der Waals surface area contributed by atoms with E-state index >= 15 is 0 Å². The van der Waals surface area contributed by atoms with Gasteiger partial charge in [-0.15, -0.1) is 0 Å². The Hall–Kier alpha value is -2.61. The van der Waals surface area contributed by atoms with Gasteiger partial charge >= 0.3 is 0 Å². The summed E-state index contributed by atoms with van der Waals surface area (Å²) in [5, 5.41) is 1.73. The molecule has 0 radical (unpaired) electrons. The maximum Gasteiger partial charge on any atom is 0.262 e. The summed E-state index contributed by atoms with van der Waals surface area (Å²) in [6.45, 7) is 1.60. The SMILES string of the molecule is COCCn1c(SCc2nccn2Cc2ccccc2)nc2cc(Cl)ccc2c1=O. The van der Waals surface area contributed by atoms with Crippen molar-refractivity contribution in [3.05, 3.63) is 87.7 Å². The molecule has 0 aliphatic carbocycles. The van der Waals surface area contributed by atoms with E-state index in [0.717, 1.165) is 12.4 Å². The molecule has 0 saturated heterocycles. The quantitative estimate of drug-likeness (QED) is 0.303. The minimum absolute atomic E-state index is 0.0937. The van der Waals surface area contributed by atoms with Gasteiger partial charge in [0.1, 0.15) is 5.82 Å². The molecule has 6 nitrogen and oxygen atoms in total. The van der Waals surface area contributed by atoms with Crippen LogP contribution < -0.4 is 5.56 Å². The second-order valence-electron chi connectivity index (χ2n) is 6.75. The van der Waals surface area contributed by atoms with E-state index in [1.165, 1.54) is 17.3 Å². The Morgan fingerprint density at radius 1 is 1.17 bits per heavy atom. The monoisotopic (exact) mass is 440 g/mol. The van der Waals surface area contributed by atoms with E-state index in [4.69, 9.17) is 21.3 Å². The molecule has 0 amide bonds. The fraction of sp³-hybridized carbons (Fsp3) is 0.227. The molecule has 0 unspecified atom stereocenters. The van der Waals surface area contributed by atoms with Gasteiger partial charge in [-0.2, -0.15) is 0 Å². The van der Waals surface area contributed by atoms with Gasteiger partial charge in [-0.1, -0.05) is 53.7 Å². The van der Waals surface area contributed by atoms with Crippen LogP contribution in [-0.4, -0.2) is 32.8 Å². The molecule has 4 rings (SSSR count). The van der Waals surface area contributed by atoms with Crippen LogP contribution in [0.3, 0.4) is 0 Å². The summed E-state index contributed by atoms with van der Waals surface area (Å²) < 4.78 is 8.96. The average Bonchev–Trinajstić information content (AvgIpc) is 3.19. The van der Waals surface area contributed by atoms with Crippen molar-refractivity contribution in [2.75, 3.05) is 13.7 Å². The molecule has 30 heavy (non-hydrogen) atoms. The third-order valence-electron chi connectivity index (χ3n) is 4.73. The summed E-state index contributed by atoms with van der Waals surface area (Å²) >= 11 is 7.60. The number of fused-ring (bicyclic) bond motifs is 1. The summed E-state index contributed by atoms with van der Waals surface area (Å²) in [5.74, 6) is 1.51. The number of rotatable bonds is 8. The fourth-order valence-electron chi connectivity index (χ4n) is 3.20. The molecule has 154 valence electrons. The van der Waals surface area contributed by atoms with Crippen molar-refractivity contribution >= 4 is 34.3 Å². The predicted octanol–water partition coefficient (Wildman–Crippen LogP) is 4.23. The Bertz CT molecular complexity index is 1210. The number of hydrogen-bond acceptors (Lipinski definition) is 5. The van der Waals surface area contributed by atoms with Gasteiger partial charge in [-0.05, 0) is 23.8 Å². The van der Waals surface area contributed by atoms with Gasteiger partial charge in [-0.25, -0.2) is 9.97 Å². The van der Waals surface area contributed by atoms with E-state index in [-0.39, 0.29) is 5.56 Å².